The number of hydrogen-bond acceptors (Lipinski definition) is 1. The number of hydrogen-bond donors (Lipinski definition) is 1. The van der Waals surface area contributed by atoms with E-state index in [2.05, 4.69) is 6.07 Å². The van der Waals surface area contributed by atoms with Gasteiger partial charge in [-0.2, -0.15) is 0 Å². The van der Waals surface area contributed by atoms with E-state index in [-0.39, 0.29) is 0 Å². The highest BCUT2D eigenvalue weighted by atomic mass is 14.5. The third kappa shape index (κ3) is 1.30. The molecule has 0 aromatic heterocycles. The Labute approximate surface area is 55.5 Å². The van der Waals surface area contributed by atoms with Gasteiger partial charge >= 0.3 is 0 Å². The number of nitrogens with two attached hydrogens (primary N) is 1. The Morgan fingerprint density at radius 1 is 1.67 bits per heavy atom. The molecular weight excluding hydrogens is 110 g/mol. The second kappa shape index (κ2) is 2.65. The summed E-state index contributed by atoms with van der Waals surface area (Å²) in [5, 5.41) is 0. The molecule has 1 aromatic carbocycles. The van der Waals surface area contributed by atoms with Crippen LogP contribution in [0.3, 0.4) is 0 Å². The van der Waals surface area contributed by atoms with Gasteiger partial charge in [-0.1, -0.05) is 18.2 Å². The Kier molecular flexibility index (Phi) is 1.85. The summed E-state index contributed by atoms with van der Waals surface area (Å²) < 4.78 is 0. The van der Waals surface area contributed by atoms with Crippen molar-refractivity contribution in [1.29, 1.82) is 0 Å². The minimum atomic E-state index is 0.590. The lowest BCUT2D eigenvalue weighted by Gasteiger charge is -1.97. The molecule has 47 valence electrons. The summed E-state index contributed by atoms with van der Waals surface area (Å²) in [7, 11) is 0. The second-order valence-electron chi connectivity index (χ2n) is 2.04. The second-order valence-corrected chi connectivity index (χ2v) is 2.04. The highest BCUT2D eigenvalue weighted by molar-refractivity contribution is 5.23. The molecule has 1 aromatic rings. The average Bonchev–Trinajstić information content (AvgIpc) is 1.89. The molecule has 0 aliphatic heterocycles. The van der Waals surface area contributed by atoms with E-state index in [1.807, 2.05) is 25.1 Å². The predicted molar refractivity (Wildman–Crippen MR) is 37.9 cm³/mol. The molecule has 1 nitrogen and oxygen atoms in total. The topological polar surface area (TPSA) is 26.0 Å². The fraction of sp³-hybridized carbons (Fsp3) is 0.250. The van der Waals surface area contributed by atoms with E-state index < -0.39 is 0 Å². The van der Waals surface area contributed by atoms with Crippen LogP contribution >= 0.6 is 0 Å². The van der Waals surface area contributed by atoms with Crippen LogP contribution in [-0.4, -0.2) is 0 Å². The van der Waals surface area contributed by atoms with Crippen LogP contribution in [0.2, 0.25) is 0 Å². The van der Waals surface area contributed by atoms with Gasteiger partial charge in [0.05, 0.1) is 0 Å². The molecule has 0 aliphatic rings. The molecule has 0 amide bonds. The van der Waals surface area contributed by atoms with Crippen LogP contribution < -0.4 is 5.73 Å². The summed E-state index contributed by atoms with van der Waals surface area (Å²) in [4.78, 5) is 0. The van der Waals surface area contributed by atoms with Gasteiger partial charge < -0.3 is 5.73 Å². The van der Waals surface area contributed by atoms with E-state index in [0.717, 1.165) is 5.56 Å². The zero-order valence-electron chi connectivity index (χ0n) is 5.52. The lowest BCUT2D eigenvalue weighted by molar-refractivity contribution is 1.05. The molecule has 0 fully saturated rings. The fourth-order valence-electron chi connectivity index (χ4n) is 0.775. The minimum absolute atomic E-state index is 0.590. The van der Waals surface area contributed by atoms with E-state index in [1.165, 1.54) is 5.56 Å². The highest BCUT2D eigenvalue weighted by Gasteiger charge is 1.90. The molecule has 1 rings (SSSR count). The molecule has 0 spiro atoms. The van der Waals surface area contributed by atoms with E-state index in [9.17, 15) is 0 Å². The van der Waals surface area contributed by atoms with Crippen molar-refractivity contribution in [3.63, 3.8) is 0 Å². The molecule has 0 saturated carbocycles. The van der Waals surface area contributed by atoms with Gasteiger partial charge in [0, 0.05) is 6.54 Å². The van der Waals surface area contributed by atoms with Gasteiger partial charge in [0.15, 0.2) is 0 Å². The van der Waals surface area contributed by atoms with E-state index in [4.69, 9.17) is 5.73 Å². The lowest BCUT2D eigenvalue weighted by Crippen LogP contribution is -1.97. The molecule has 0 unspecified atom stereocenters. The lowest BCUT2D eigenvalue weighted by atomic mass is 10.1. The van der Waals surface area contributed by atoms with Crippen LogP contribution in [0.4, 0.5) is 0 Å². The van der Waals surface area contributed by atoms with Gasteiger partial charge in [-0.05, 0) is 24.1 Å². The summed E-state index contributed by atoms with van der Waals surface area (Å²) in [5.41, 5.74) is 7.75. The summed E-state index contributed by atoms with van der Waals surface area (Å²) >= 11 is 0. The SMILES string of the molecule is Cc1ccc[c]c1CN. The molecule has 0 heterocycles. The van der Waals surface area contributed by atoms with Gasteiger partial charge in [-0.15, -0.1) is 0 Å². The van der Waals surface area contributed by atoms with Gasteiger partial charge in [-0.3, -0.25) is 0 Å². The van der Waals surface area contributed by atoms with Crippen molar-refractivity contribution in [2.75, 3.05) is 0 Å². The van der Waals surface area contributed by atoms with Gasteiger partial charge in [0.1, 0.15) is 0 Å². The first-order valence-electron chi connectivity index (χ1n) is 3.01. The molecule has 1 heteroatoms. The van der Waals surface area contributed by atoms with Gasteiger partial charge in [0.2, 0.25) is 0 Å². The fourth-order valence-corrected chi connectivity index (χ4v) is 0.775. The number of rotatable bonds is 1. The monoisotopic (exact) mass is 120 g/mol. The Balaban J connectivity index is 3.01. The maximum atomic E-state index is 5.42. The molecule has 9 heavy (non-hydrogen) atoms. The largest absolute Gasteiger partial charge is 0.326 e. The third-order valence-corrected chi connectivity index (χ3v) is 1.38. The molecular formula is C8H10N. The Morgan fingerprint density at radius 3 is 2.89 bits per heavy atom. The van der Waals surface area contributed by atoms with Crippen LogP contribution in [-0.2, 0) is 6.54 Å². The molecule has 0 aliphatic carbocycles. The minimum Gasteiger partial charge on any atom is -0.326 e. The first-order valence-corrected chi connectivity index (χ1v) is 3.01. The first kappa shape index (κ1) is 6.30. The summed E-state index contributed by atoms with van der Waals surface area (Å²) in [6, 6.07) is 8.95. The molecule has 0 saturated heterocycles. The van der Waals surface area contributed by atoms with Crippen LogP contribution in [0, 0.1) is 13.0 Å². The first-order chi connectivity index (χ1) is 4.34. The predicted octanol–water partition coefficient (Wildman–Crippen LogP) is 1.25. The van der Waals surface area contributed by atoms with Crippen molar-refractivity contribution >= 4 is 0 Å². The summed E-state index contributed by atoms with van der Waals surface area (Å²) in [6.45, 7) is 2.63. The van der Waals surface area contributed by atoms with Crippen molar-refractivity contribution < 1.29 is 0 Å². The molecule has 0 atom stereocenters. The quantitative estimate of drug-likeness (QED) is 0.593. The smallest absolute Gasteiger partial charge is 0.0186 e. The van der Waals surface area contributed by atoms with Crippen LogP contribution in [0.1, 0.15) is 11.1 Å². The summed E-state index contributed by atoms with van der Waals surface area (Å²) in [6.07, 6.45) is 0. The van der Waals surface area contributed by atoms with Crippen molar-refractivity contribution in [3.8, 4) is 0 Å². The number of aryl methyl sites for hydroxylation is 1. The van der Waals surface area contributed by atoms with Crippen LogP contribution in [0.5, 0.6) is 0 Å². The third-order valence-electron chi connectivity index (χ3n) is 1.38. The van der Waals surface area contributed by atoms with Crippen molar-refractivity contribution in [3.05, 3.63) is 35.4 Å². The summed E-state index contributed by atoms with van der Waals surface area (Å²) in [5.74, 6) is 0. The maximum absolute atomic E-state index is 5.42. The normalized spacial score (nSPS) is 9.56. The maximum Gasteiger partial charge on any atom is 0.0186 e. The van der Waals surface area contributed by atoms with Gasteiger partial charge in [0.25, 0.3) is 0 Å². The van der Waals surface area contributed by atoms with Gasteiger partial charge in [-0.25, -0.2) is 0 Å². The standard InChI is InChI=1S/C8H10N/c1-7-4-2-3-5-8(7)6-9/h2-4H,6,9H2,1H3. The van der Waals surface area contributed by atoms with E-state index in [0.29, 0.717) is 6.54 Å². The van der Waals surface area contributed by atoms with E-state index >= 15 is 0 Å². The van der Waals surface area contributed by atoms with E-state index in [1.54, 1.807) is 0 Å². The van der Waals surface area contributed by atoms with Crippen molar-refractivity contribution in [2.45, 2.75) is 13.5 Å². The average molecular weight is 120 g/mol. The number of benzene rings is 1. The zero-order chi connectivity index (χ0) is 6.69. The molecule has 2 N–H and O–H groups in total. The molecule has 1 radical (unpaired) electrons. The van der Waals surface area contributed by atoms with Crippen molar-refractivity contribution in [1.82, 2.24) is 0 Å². The van der Waals surface area contributed by atoms with Crippen molar-refractivity contribution in [2.24, 2.45) is 5.73 Å². The van der Waals surface area contributed by atoms with Crippen LogP contribution in [0.25, 0.3) is 0 Å². The molecule has 0 bridgehead atoms. The Hall–Kier alpha value is -0.820. The Bertz CT molecular complexity index is 194. The van der Waals surface area contributed by atoms with Crippen LogP contribution in [0.15, 0.2) is 18.2 Å². The Morgan fingerprint density at radius 2 is 2.44 bits per heavy atom. The zero-order valence-corrected chi connectivity index (χ0v) is 5.52. The highest BCUT2D eigenvalue weighted by Crippen LogP contribution is 2.03.